The van der Waals surface area contributed by atoms with Crippen molar-refractivity contribution in [3.05, 3.63) is 170 Å². The molecule has 2 heterocycles. The fourth-order valence-corrected chi connectivity index (χ4v) is 9.90. The van der Waals surface area contributed by atoms with E-state index in [0.717, 1.165) is 11.4 Å². The fourth-order valence-electron chi connectivity index (χ4n) is 7.34. The van der Waals surface area contributed by atoms with Gasteiger partial charge in [-0.1, -0.05) is 36.4 Å². The number of anilines is 3. The van der Waals surface area contributed by atoms with Gasteiger partial charge in [0.25, 0.3) is 0 Å². The summed E-state index contributed by atoms with van der Waals surface area (Å²) in [4.78, 5) is 2.42. The Morgan fingerprint density at radius 1 is 0.383 bits per heavy atom. The molecule has 0 spiro atoms. The van der Waals surface area contributed by atoms with Gasteiger partial charge >= 0.3 is 243 Å². The Hall–Kier alpha value is -5.60. The summed E-state index contributed by atoms with van der Waals surface area (Å²) < 4.78 is 5.36. The van der Waals surface area contributed by atoms with E-state index in [2.05, 4.69) is 179 Å². The molecule has 0 amide bonds. The summed E-state index contributed by atoms with van der Waals surface area (Å²) in [5.74, 6) is 0. The molecule has 2 aromatic heterocycles. The van der Waals surface area contributed by atoms with Crippen LogP contribution in [0.3, 0.4) is 0 Å². The third kappa shape index (κ3) is 4.18. The first-order valence-electron chi connectivity index (χ1n) is 16.0. The van der Waals surface area contributed by atoms with Gasteiger partial charge < -0.3 is 0 Å². The topological polar surface area (TPSA) is 8.17 Å². The van der Waals surface area contributed by atoms with Crippen LogP contribution in [0.1, 0.15) is 0 Å². The van der Waals surface area contributed by atoms with Crippen LogP contribution in [-0.2, 0) is 0 Å². The van der Waals surface area contributed by atoms with Crippen LogP contribution < -0.4 is 4.90 Å². The molecule has 10 aromatic rings. The second kappa shape index (κ2) is 10.5. The molecule has 0 saturated heterocycles. The summed E-state index contributed by atoms with van der Waals surface area (Å²) in [6.07, 6.45) is 0. The zero-order chi connectivity index (χ0) is 30.9. The van der Waals surface area contributed by atoms with E-state index in [1.165, 1.54) is 74.0 Å². The summed E-state index contributed by atoms with van der Waals surface area (Å²) in [7, 11) is 0. The molecule has 3 heteroatoms. The van der Waals surface area contributed by atoms with Crippen LogP contribution in [0, 0.1) is 0 Å². The van der Waals surface area contributed by atoms with E-state index in [1.807, 2.05) is 0 Å². The zero-order valence-electron chi connectivity index (χ0n) is 25.5. The van der Waals surface area contributed by atoms with Crippen molar-refractivity contribution in [1.82, 2.24) is 4.57 Å². The first-order chi connectivity index (χ1) is 23.3. The number of rotatable bonds is 4. The van der Waals surface area contributed by atoms with Crippen molar-refractivity contribution in [3.63, 3.8) is 0 Å². The van der Waals surface area contributed by atoms with E-state index in [0.29, 0.717) is 0 Å². The number of hydrogen-bond donors (Lipinski definition) is 0. The van der Waals surface area contributed by atoms with Gasteiger partial charge in [0, 0.05) is 0 Å². The molecule has 2 nitrogen and oxygen atoms in total. The van der Waals surface area contributed by atoms with Gasteiger partial charge in [-0.05, 0) is 0 Å². The third-order valence-corrected chi connectivity index (χ3v) is 12.1. The van der Waals surface area contributed by atoms with Crippen LogP contribution in [0.15, 0.2) is 170 Å². The van der Waals surface area contributed by atoms with Gasteiger partial charge in [-0.25, -0.2) is 0 Å². The molecule has 220 valence electrons. The van der Waals surface area contributed by atoms with Crippen molar-refractivity contribution in [2.24, 2.45) is 0 Å². The van der Waals surface area contributed by atoms with Gasteiger partial charge in [0.15, 0.2) is 0 Å². The van der Waals surface area contributed by atoms with Crippen molar-refractivity contribution in [2.75, 3.05) is 4.90 Å². The average molecular weight is 664 g/mol. The Balaban J connectivity index is 1.23. The van der Waals surface area contributed by atoms with Crippen LogP contribution in [0.4, 0.5) is 17.1 Å². The maximum atomic E-state index is 2.42. The fraction of sp³-hybridized carbons (Fsp3) is 0. The molecule has 0 saturated carbocycles. The number of hydrogen-bond acceptors (Lipinski definition) is 1. The molecule has 10 rings (SSSR count). The zero-order valence-corrected chi connectivity index (χ0v) is 27.2. The Labute approximate surface area is 278 Å². The van der Waals surface area contributed by atoms with Crippen LogP contribution in [-0.4, -0.2) is 19.1 Å². The van der Waals surface area contributed by atoms with Crippen LogP contribution in [0.2, 0.25) is 0 Å². The Morgan fingerprint density at radius 3 is 1.83 bits per heavy atom. The molecule has 0 atom stereocenters. The van der Waals surface area contributed by atoms with Gasteiger partial charge in [0.05, 0.1) is 0 Å². The first kappa shape index (κ1) is 26.6. The molecular weight excluding hydrogens is 635 g/mol. The van der Waals surface area contributed by atoms with Crippen molar-refractivity contribution in [2.45, 2.75) is 0 Å². The number of benzene rings is 8. The van der Waals surface area contributed by atoms with Crippen molar-refractivity contribution in [3.8, 4) is 5.69 Å². The van der Waals surface area contributed by atoms with Crippen molar-refractivity contribution < 1.29 is 0 Å². The molecular formula is C44H28N2Se. The average Bonchev–Trinajstić information content (AvgIpc) is 3.66. The predicted octanol–water partition coefficient (Wildman–Crippen LogP) is 11.9. The van der Waals surface area contributed by atoms with Gasteiger partial charge in [-0.15, -0.1) is 0 Å². The van der Waals surface area contributed by atoms with E-state index in [4.69, 9.17) is 0 Å². The normalized spacial score (nSPS) is 11.8. The van der Waals surface area contributed by atoms with Crippen LogP contribution in [0.5, 0.6) is 0 Å². The predicted molar refractivity (Wildman–Crippen MR) is 202 cm³/mol. The van der Waals surface area contributed by atoms with E-state index in [1.54, 1.807) is 0 Å². The third-order valence-electron chi connectivity index (χ3n) is 9.51. The van der Waals surface area contributed by atoms with E-state index in [9.17, 15) is 0 Å². The van der Waals surface area contributed by atoms with Crippen molar-refractivity contribution >= 4 is 94.2 Å². The number of nitrogens with zero attached hydrogens (tertiary/aromatic N) is 2. The molecule has 0 radical (unpaired) electrons. The monoisotopic (exact) mass is 664 g/mol. The minimum atomic E-state index is 0.280. The van der Waals surface area contributed by atoms with Gasteiger partial charge in [0.2, 0.25) is 0 Å². The molecule has 0 aliphatic rings. The molecule has 0 N–H and O–H groups in total. The number of aromatic nitrogens is 1. The van der Waals surface area contributed by atoms with E-state index < -0.39 is 0 Å². The van der Waals surface area contributed by atoms with Gasteiger partial charge in [-0.2, -0.15) is 0 Å². The quantitative estimate of drug-likeness (QED) is 0.170. The second-order valence-electron chi connectivity index (χ2n) is 12.2. The molecule has 0 aliphatic heterocycles. The van der Waals surface area contributed by atoms with Crippen LogP contribution in [0.25, 0.3) is 68.3 Å². The molecule has 0 aliphatic carbocycles. The molecule has 8 aromatic carbocycles. The Bertz CT molecular complexity index is 2790. The summed E-state index contributed by atoms with van der Waals surface area (Å²) in [6, 6.07) is 62.4. The Kier molecular flexibility index (Phi) is 5.92. The first-order valence-corrected chi connectivity index (χ1v) is 17.7. The summed E-state index contributed by atoms with van der Waals surface area (Å²) in [5, 5.41) is 10.4. The molecule has 47 heavy (non-hydrogen) atoms. The van der Waals surface area contributed by atoms with E-state index in [-0.39, 0.29) is 14.5 Å². The Morgan fingerprint density at radius 2 is 1.02 bits per heavy atom. The minimum absolute atomic E-state index is 0.280. The standard InChI is InChI=1S/C44H28N2Se/c1-3-14-32(15-4-1)45(35-21-24-43-40(28-35)37-22-19-29-11-9-10-18-36(29)44(37)47-43)34-20-23-41-39(27-34)38-25-30-12-7-8-13-31(30)26-42(38)46(41)33-16-5-2-6-17-33/h1-28H. The van der Waals surface area contributed by atoms with Gasteiger partial charge in [0.1, 0.15) is 0 Å². The van der Waals surface area contributed by atoms with Crippen LogP contribution >= 0.6 is 0 Å². The number of para-hydroxylation sites is 2. The molecule has 0 bridgehead atoms. The van der Waals surface area contributed by atoms with E-state index >= 15 is 0 Å². The van der Waals surface area contributed by atoms with Crippen molar-refractivity contribution in [1.29, 1.82) is 0 Å². The second-order valence-corrected chi connectivity index (χ2v) is 14.4. The summed E-state index contributed by atoms with van der Waals surface area (Å²) >= 11 is 0.280. The number of fused-ring (bicyclic) bond motifs is 9. The molecule has 0 fully saturated rings. The van der Waals surface area contributed by atoms with Gasteiger partial charge in [-0.3, -0.25) is 0 Å². The SMILES string of the molecule is c1ccc(N(c2ccc3[se]c4c5ccccc5ccc4c3c2)c2ccc3c(c2)c2cc4ccccc4cc2n3-c2ccccc2)cc1. The summed E-state index contributed by atoms with van der Waals surface area (Å²) in [6.45, 7) is 0. The molecule has 0 unspecified atom stereocenters. The maximum absolute atomic E-state index is 2.42. The summed E-state index contributed by atoms with van der Waals surface area (Å²) in [5.41, 5.74) is 7.05.